The molecule has 1 heterocycles. The highest BCUT2D eigenvalue weighted by Gasteiger charge is 2.20. The number of hydrogen-bond donors (Lipinski definition) is 1. The zero-order valence-corrected chi connectivity index (χ0v) is 10.7. The number of hydrogen-bond acceptors (Lipinski definition) is 4. The van der Waals surface area contributed by atoms with E-state index in [-0.39, 0.29) is 6.10 Å². The van der Waals surface area contributed by atoms with Crippen molar-refractivity contribution < 1.29 is 4.74 Å². The topological polar surface area (TPSA) is 48.1 Å². The second-order valence-electron chi connectivity index (χ2n) is 3.88. The number of ether oxygens (including phenoxy) is 1. The molecule has 1 atom stereocenters. The van der Waals surface area contributed by atoms with E-state index in [1.54, 1.807) is 11.3 Å². The summed E-state index contributed by atoms with van der Waals surface area (Å²) >= 11 is 1.67. The van der Waals surface area contributed by atoms with E-state index in [0.29, 0.717) is 12.5 Å². The van der Waals surface area contributed by atoms with Crippen LogP contribution >= 0.6 is 11.3 Å². The van der Waals surface area contributed by atoms with Crippen LogP contribution in [-0.4, -0.2) is 11.6 Å². The van der Waals surface area contributed by atoms with Crippen LogP contribution in [0.4, 0.5) is 0 Å². The van der Waals surface area contributed by atoms with Crippen LogP contribution in [0.15, 0.2) is 0 Å². The van der Waals surface area contributed by atoms with Crippen molar-refractivity contribution >= 4 is 11.3 Å². The average molecular weight is 228 g/mol. The van der Waals surface area contributed by atoms with Crippen molar-refractivity contribution in [3.05, 3.63) is 15.6 Å². The largest absolute Gasteiger partial charge is 0.371 e. The Morgan fingerprint density at radius 3 is 2.53 bits per heavy atom. The molecule has 0 saturated carbocycles. The molecule has 86 valence electrons. The molecule has 2 N–H and O–H groups in total. The summed E-state index contributed by atoms with van der Waals surface area (Å²) in [4.78, 5) is 5.70. The van der Waals surface area contributed by atoms with Crippen molar-refractivity contribution in [3.8, 4) is 0 Å². The lowest BCUT2D eigenvalue weighted by atomic mass is 10.1. The van der Waals surface area contributed by atoms with Gasteiger partial charge in [-0.05, 0) is 19.8 Å². The maximum Gasteiger partial charge on any atom is 0.122 e. The molecule has 0 radical (unpaired) electrons. The summed E-state index contributed by atoms with van der Waals surface area (Å²) in [6, 6.07) is 0. The van der Waals surface area contributed by atoms with Crippen LogP contribution in [0.3, 0.4) is 0 Å². The van der Waals surface area contributed by atoms with Crippen LogP contribution < -0.4 is 5.73 Å². The summed E-state index contributed by atoms with van der Waals surface area (Å²) in [5.41, 5.74) is 6.69. The third-order valence-corrected chi connectivity index (χ3v) is 3.53. The van der Waals surface area contributed by atoms with Crippen LogP contribution in [0.5, 0.6) is 0 Å². The molecule has 1 rings (SSSR count). The van der Waals surface area contributed by atoms with E-state index in [4.69, 9.17) is 10.5 Å². The molecular formula is C11H20N2OS. The van der Waals surface area contributed by atoms with E-state index in [1.165, 1.54) is 0 Å². The predicted molar refractivity (Wildman–Crippen MR) is 63.9 cm³/mol. The molecule has 0 aliphatic carbocycles. The average Bonchev–Trinajstić information content (AvgIpc) is 2.55. The number of thiazole rings is 1. The number of rotatable bonds is 5. The normalized spacial score (nSPS) is 13.5. The Morgan fingerprint density at radius 1 is 1.47 bits per heavy atom. The molecule has 0 spiro atoms. The molecular weight excluding hydrogens is 208 g/mol. The molecule has 1 aromatic heterocycles. The molecule has 1 unspecified atom stereocenters. The first kappa shape index (κ1) is 12.6. The molecule has 1 aromatic rings. The Kier molecular flexibility index (Phi) is 4.70. The van der Waals surface area contributed by atoms with Gasteiger partial charge < -0.3 is 10.5 Å². The summed E-state index contributed by atoms with van der Waals surface area (Å²) in [7, 11) is 0. The Bertz CT molecular complexity index is 310. The first-order valence-corrected chi connectivity index (χ1v) is 6.19. The molecule has 4 heteroatoms. The van der Waals surface area contributed by atoms with Crippen LogP contribution in [0.2, 0.25) is 0 Å². The molecule has 0 saturated heterocycles. The fraction of sp³-hybridized carbons (Fsp3) is 0.727. The van der Waals surface area contributed by atoms with E-state index < -0.39 is 0 Å². The lowest BCUT2D eigenvalue weighted by molar-refractivity contribution is 0.0292. The van der Waals surface area contributed by atoms with E-state index in [1.807, 2.05) is 13.8 Å². The van der Waals surface area contributed by atoms with Crippen molar-refractivity contribution in [2.45, 2.75) is 40.3 Å². The van der Waals surface area contributed by atoms with Gasteiger partial charge in [0.2, 0.25) is 0 Å². The van der Waals surface area contributed by atoms with Crippen LogP contribution in [0.25, 0.3) is 0 Å². The van der Waals surface area contributed by atoms with Crippen molar-refractivity contribution in [2.75, 3.05) is 6.61 Å². The third-order valence-electron chi connectivity index (χ3n) is 2.29. The van der Waals surface area contributed by atoms with E-state index in [9.17, 15) is 0 Å². The van der Waals surface area contributed by atoms with Gasteiger partial charge in [-0.25, -0.2) is 4.98 Å². The lowest BCUT2D eigenvalue weighted by Crippen LogP contribution is -2.10. The lowest BCUT2D eigenvalue weighted by Gasteiger charge is -2.17. The van der Waals surface area contributed by atoms with Gasteiger partial charge in [-0.1, -0.05) is 13.8 Å². The maximum absolute atomic E-state index is 5.71. The van der Waals surface area contributed by atoms with Crippen LogP contribution in [0, 0.1) is 12.8 Å². The highest BCUT2D eigenvalue weighted by Crippen LogP contribution is 2.30. The molecule has 15 heavy (non-hydrogen) atoms. The maximum atomic E-state index is 5.71. The quantitative estimate of drug-likeness (QED) is 0.842. The Balaban J connectivity index is 2.90. The number of aryl methyl sites for hydroxylation is 1. The summed E-state index contributed by atoms with van der Waals surface area (Å²) in [5.74, 6) is 0.445. The fourth-order valence-corrected chi connectivity index (χ4v) is 2.66. The Morgan fingerprint density at radius 2 is 2.13 bits per heavy atom. The summed E-state index contributed by atoms with van der Waals surface area (Å²) in [6.07, 6.45) is 0.110. The smallest absolute Gasteiger partial charge is 0.122 e. The second-order valence-corrected chi connectivity index (χ2v) is 5.00. The van der Waals surface area contributed by atoms with E-state index in [0.717, 1.165) is 22.2 Å². The summed E-state index contributed by atoms with van der Waals surface area (Å²) in [6.45, 7) is 9.61. The van der Waals surface area contributed by atoms with Crippen molar-refractivity contribution in [1.29, 1.82) is 0 Å². The Labute approximate surface area is 95.7 Å². The van der Waals surface area contributed by atoms with Crippen molar-refractivity contribution in [1.82, 2.24) is 4.98 Å². The number of nitrogens with two attached hydrogens (primary N) is 1. The molecule has 0 amide bonds. The highest BCUT2D eigenvalue weighted by atomic mass is 32.1. The van der Waals surface area contributed by atoms with Gasteiger partial charge in [0.1, 0.15) is 11.1 Å². The molecule has 0 aliphatic heterocycles. The molecule has 0 fully saturated rings. The zero-order chi connectivity index (χ0) is 11.4. The van der Waals surface area contributed by atoms with E-state index in [2.05, 4.69) is 18.8 Å². The van der Waals surface area contributed by atoms with Crippen LogP contribution in [-0.2, 0) is 11.3 Å². The van der Waals surface area contributed by atoms with Gasteiger partial charge >= 0.3 is 0 Å². The summed E-state index contributed by atoms with van der Waals surface area (Å²) in [5, 5.41) is 1.06. The minimum atomic E-state index is 0.110. The standard InChI is InChI=1S/C11H20N2OS/c1-5-14-10(7(2)3)11-13-8(4)9(6-12)15-11/h7,10H,5-6,12H2,1-4H3. The highest BCUT2D eigenvalue weighted by molar-refractivity contribution is 7.11. The Hall–Kier alpha value is -0.450. The van der Waals surface area contributed by atoms with Gasteiger partial charge in [0.15, 0.2) is 0 Å². The number of aromatic nitrogens is 1. The van der Waals surface area contributed by atoms with Gasteiger partial charge in [-0.2, -0.15) is 0 Å². The minimum Gasteiger partial charge on any atom is -0.371 e. The van der Waals surface area contributed by atoms with Gasteiger partial charge in [0.25, 0.3) is 0 Å². The van der Waals surface area contributed by atoms with Gasteiger partial charge in [-0.3, -0.25) is 0 Å². The summed E-state index contributed by atoms with van der Waals surface area (Å²) < 4.78 is 5.71. The van der Waals surface area contributed by atoms with Crippen molar-refractivity contribution in [2.24, 2.45) is 11.7 Å². The predicted octanol–water partition coefficient (Wildman–Crippen LogP) is 2.64. The van der Waals surface area contributed by atoms with Crippen molar-refractivity contribution in [3.63, 3.8) is 0 Å². The molecule has 0 aromatic carbocycles. The first-order valence-electron chi connectivity index (χ1n) is 5.38. The first-order chi connectivity index (χ1) is 7.10. The van der Waals surface area contributed by atoms with Gasteiger partial charge in [0.05, 0.1) is 5.69 Å². The SMILES string of the molecule is CCOC(c1nc(C)c(CN)s1)C(C)C. The monoisotopic (exact) mass is 228 g/mol. The van der Waals surface area contributed by atoms with Gasteiger partial charge in [-0.15, -0.1) is 11.3 Å². The zero-order valence-electron chi connectivity index (χ0n) is 9.91. The number of nitrogens with zero attached hydrogens (tertiary/aromatic N) is 1. The minimum absolute atomic E-state index is 0.110. The molecule has 0 bridgehead atoms. The van der Waals surface area contributed by atoms with Gasteiger partial charge in [0, 0.05) is 18.0 Å². The third kappa shape index (κ3) is 3.00. The fourth-order valence-electron chi connectivity index (χ4n) is 1.49. The van der Waals surface area contributed by atoms with Crippen LogP contribution in [0.1, 0.15) is 42.5 Å². The molecule has 0 aliphatic rings. The van der Waals surface area contributed by atoms with E-state index >= 15 is 0 Å². The second kappa shape index (κ2) is 5.58. The molecule has 3 nitrogen and oxygen atoms in total.